The molecule has 0 aliphatic carbocycles. The summed E-state index contributed by atoms with van der Waals surface area (Å²) in [5.41, 5.74) is 0.704. The van der Waals surface area contributed by atoms with Crippen molar-refractivity contribution in [3.63, 3.8) is 0 Å². The molecule has 0 aliphatic rings. The summed E-state index contributed by atoms with van der Waals surface area (Å²) in [6.45, 7) is 7.96. The van der Waals surface area contributed by atoms with Crippen molar-refractivity contribution >= 4 is 0 Å². The summed E-state index contributed by atoms with van der Waals surface area (Å²) in [5.74, 6) is 0.491. The van der Waals surface area contributed by atoms with Gasteiger partial charge in [-0.15, -0.1) is 0 Å². The predicted octanol–water partition coefficient (Wildman–Crippen LogP) is 1.92. The van der Waals surface area contributed by atoms with Gasteiger partial charge < -0.3 is 19.5 Å². The molecule has 6 heteroatoms. The second-order valence-corrected chi connectivity index (χ2v) is 4.16. The molecule has 0 aliphatic heterocycles. The highest BCUT2D eigenvalue weighted by molar-refractivity contribution is 5.21. The number of nitrogens with zero attached hydrogens (tertiary/aromatic N) is 2. The van der Waals surface area contributed by atoms with Crippen LogP contribution in [-0.2, 0) is 9.47 Å². The van der Waals surface area contributed by atoms with Gasteiger partial charge in [0.1, 0.15) is 11.7 Å². The third-order valence-electron chi connectivity index (χ3n) is 2.73. The highest BCUT2D eigenvalue weighted by atomic mass is 16.7. The Morgan fingerprint density at radius 1 is 1.10 bits per heavy atom. The summed E-state index contributed by atoms with van der Waals surface area (Å²) in [6.07, 6.45) is 3.84. The van der Waals surface area contributed by atoms with Gasteiger partial charge in [0.05, 0.1) is 7.11 Å². The summed E-state index contributed by atoms with van der Waals surface area (Å²) in [6, 6.07) is -0.210. The second kappa shape index (κ2) is 9.63. The van der Waals surface area contributed by atoms with E-state index in [0.717, 1.165) is 13.0 Å². The van der Waals surface area contributed by atoms with E-state index in [1.807, 2.05) is 13.8 Å². The molecule has 1 rings (SSSR count). The molecule has 0 saturated carbocycles. The first-order valence-electron chi connectivity index (χ1n) is 7.09. The van der Waals surface area contributed by atoms with Gasteiger partial charge >= 0.3 is 0 Å². The average molecular weight is 283 g/mol. The molecule has 1 unspecified atom stereocenters. The van der Waals surface area contributed by atoms with Crippen molar-refractivity contribution in [2.75, 3.05) is 26.9 Å². The summed E-state index contributed by atoms with van der Waals surface area (Å²) < 4.78 is 16.7. The number of ether oxygens (including phenoxy) is 3. The molecule has 0 radical (unpaired) electrons. The minimum Gasteiger partial charge on any atom is -0.480 e. The van der Waals surface area contributed by atoms with Gasteiger partial charge in [-0.2, -0.15) is 0 Å². The first kappa shape index (κ1) is 16.8. The third kappa shape index (κ3) is 4.70. The van der Waals surface area contributed by atoms with Crippen LogP contribution in [0.1, 0.15) is 38.9 Å². The van der Waals surface area contributed by atoms with Crippen molar-refractivity contribution < 1.29 is 14.2 Å². The van der Waals surface area contributed by atoms with Gasteiger partial charge in [0.2, 0.25) is 5.88 Å². The summed E-state index contributed by atoms with van der Waals surface area (Å²) in [7, 11) is 1.58. The number of hydrogen-bond donors (Lipinski definition) is 1. The molecule has 20 heavy (non-hydrogen) atoms. The zero-order valence-electron chi connectivity index (χ0n) is 12.8. The molecule has 114 valence electrons. The van der Waals surface area contributed by atoms with E-state index in [9.17, 15) is 0 Å². The SMILES string of the molecule is CCCNC(c1nccnc1OC)C(OCC)OCC. The summed E-state index contributed by atoms with van der Waals surface area (Å²) in [4.78, 5) is 8.57. The van der Waals surface area contributed by atoms with Crippen LogP contribution in [0.3, 0.4) is 0 Å². The zero-order chi connectivity index (χ0) is 14.8. The lowest BCUT2D eigenvalue weighted by Crippen LogP contribution is -2.37. The van der Waals surface area contributed by atoms with Gasteiger partial charge in [0, 0.05) is 25.6 Å². The zero-order valence-corrected chi connectivity index (χ0v) is 12.8. The number of aromatic nitrogens is 2. The Morgan fingerprint density at radius 2 is 1.75 bits per heavy atom. The standard InChI is InChI=1S/C14H25N3O3/c1-5-8-15-12(14(19-6-2)20-7-3)11-13(18-4)17-10-9-16-11/h9-10,12,14-15H,5-8H2,1-4H3. The van der Waals surface area contributed by atoms with Gasteiger partial charge in [-0.25, -0.2) is 4.98 Å². The first-order chi connectivity index (χ1) is 9.78. The maximum absolute atomic E-state index is 5.69. The Morgan fingerprint density at radius 3 is 2.30 bits per heavy atom. The molecule has 0 bridgehead atoms. The lowest BCUT2D eigenvalue weighted by Gasteiger charge is -2.27. The molecular weight excluding hydrogens is 258 g/mol. The van der Waals surface area contributed by atoms with E-state index in [0.29, 0.717) is 24.8 Å². The largest absolute Gasteiger partial charge is 0.480 e. The fourth-order valence-electron chi connectivity index (χ4n) is 1.90. The fraction of sp³-hybridized carbons (Fsp3) is 0.714. The van der Waals surface area contributed by atoms with E-state index in [1.165, 1.54) is 0 Å². The molecule has 0 fully saturated rings. The van der Waals surface area contributed by atoms with Crippen molar-refractivity contribution in [3.8, 4) is 5.88 Å². The normalized spacial score (nSPS) is 12.7. The molecule has 1 aromatic rings. The van der Waals surface area contributed by atoms with Crippen LogP contribution < -0.4 is 10.1 Å². The van der Waals surface area contributed by atoms with Crippen molar-refractivity contribution in [3.05, 3.63) is 18.1 Å². The van der Waals surface area contributed by atoms with Crippen LogP contribution in [0.25, 0.3) is 0 Å². The van der Waals surface area contributed by atoms with Gasteiger partial charge in [-0.1, -0.05) is 6.92 Å². The molecule has 0 amide bonds. The molecule has 1 heterocycles. The van der Waals surface area contributed by atoms with Gasteiger partial charge in [-0.3, -0.25) is 4.98 Å². The molecule has 1 N–H and O–H groups in total. The topological polar surface area (TPSA) is 65.5 Å². The highest BCUT2D eigenvalue weighted by Crippen LogP contribution is 2.25. The lowest BCUT2D eigenvalue weighted by atomic mass is 10.2. The van der Waals surface area contributed by atoms with Crippen LogP contribution >= 0.6 is 0 Å². The quantitative estimate of drug-likeness (QED) is 0.662. The number of methoxy groups -OCH3 is 1. The Labute approximate surface area is 120 Å². The van der Waals surface area contributed by atoms with Crippen LogP contribution in [0.2, 0.25) is 0 Å². The smallest absolute Gasteiger partial charge is 0.237 e. The van der Waals surface area contributed by atoms with Crippen molar-refractivity contribution in [2.24, 2.45) is 0 Å². The van der Waals surface area contributed by atoms with Gasteiger partial charge in [0.15, 0.2) is 6.29 Å². The Hall–Kier alpha value is -1.24. The van der Waals surface area contributed by atoms with E-state index in [2.05, 4.69) is 22.2 Å². The lowest BCUT2D eigenvalue weighted by molar-refractivity contribution is -0.156. The highest BCUT2D eigenvalue weighted by Gasteiger charge is 2.28. The molecule has 6 nitrogen and oxygen atoms in total. The maximum Gasteiger partial charge on any atom is 0.237 e. The Kier molecular flexibility index (Phi) is 8.10. The van der Waals surface area contributed by atoms with Crippen LogP contribution in [0.5, 0.6) is 5.88 Å². The molecular formula is C14H25N3O3. The predicted molar refractivity (Wildman–Crippen MR) is 76.7 cm³/mol. The number of rotatable bonds is 10. The maximum atomic E-state index is 5.69. The van der Waals surface area contributed by atoms with Crippen molar-refractivity contribution in [2.45, 2.75) is 39.5 Å². The summed E-state index contributed by atoms with van der Waals surface area (Å²) >= 11 is 0. The van der Waals surface area contributed by atoms with E-state index >= 15 is 0 Å². The van der Waals surface area contributed by atoms with E-state index in [1.54, 1.807) is 19.5 Å². The third-order valence-corrected chi connectivity index (χ3v) is 2.73. The summed E-state index contributed by atoms with van der Waals surface area (Å²) in [5, 5.41) is 3.40. The molecule has 0 saturated heterocycles. The Balaban J connectivity index is 3.01. The van der Waals surface area contributed by atoms with Crippen LogP contribution in [0, 0.1) is 0 Å². The van der Waals surface area contributed by atoms with Gasteiger partial charge in [-0.05, 0) is 26.8 Å². The fourth-order valence-corrected chi connectivity index (χ4v) is 1.90. The Bertz CT molecular complexity index is 370. The van der Waals surface area contributed by atoms with Crippen LogP contribution in [-0.4, -0.2) is 43.1 Å². The van der Waals surface area contributed by atoms with E-state index in [-0.39, 0.29) is 6.04 Å². The number of nitrogens with one attached hydrogen (secondary N) is 1. The molecule has 1 aromatic heterocycles. The minimum absolute atomic E-state index is 0.210. The molecule has 1 atom stereocenters. The average Bonchev–Trinajstić information content (AvgIpc) is 2.48. The molecule has 0 spiro atoms. The van der Waals surface area contributed by atoms with Crippen molar-refractivity contribution in [1.82, 2.24) is 15.3 Å². The number of hydrogen-bond acceptors (Lipinski definition) is 6. The second-order valence-electron chi connectivity index (χ2n) is 4.16. The van der Waals surface area contributed by atoms with Crippen LogP contribution in [0.15, 0.2) is 12.4 Å². The molecule has 0 aromatic carbocycles. The van der Waals surface area contributed by atoms with Crippen LogP contribution in [0.4, 0.5) is 0 Å². The minimum atomic E-state index is -0.415. The van der Waals surface area contributed by atoms with E-state index in [4.69, 9.17) is 14.2 Å². The first-order valence-corrected chi connectivity index (χ1v) is 7.09. The van der Waals surface area contributed by atoms with Crippen molar-refractivity contribution in [1.29, 1.82) is 0 Å². The van der Waals surface area contributed by atoms with Gasteiger partial charge in [0.25, 0.3) is 0 Å². The monoisotopic (exact) mass is 283 g/mol. The van der Waals surface area contributed by atoms with E-state index < -0.39 is 6.29 Å².